The summed E-state index contributed by atoms with van der Waals surface area (Å²) >= 11 is 1.60. The number of hydrogen-bond acceptors (Lipinski definition) is 5. The zero-order chi connectivity index (χ0) is 20.7. The second-order valence-corrected chi connectivity index (χ2v) is 7.94. The third-order valence-corrected chi connectivity index (χ3v) is 6.12. The lowest BCUT2D eigenvalue weighted by atomic mass is 10.1. The number of anilines is 1. The predicted octanol–water partition coefficient (Wildman–Crippen LogP) is 6.28. The number of para-hydroxylation sites is 2. The number of furan rings is 1. The number of benzene rings is 3. The standard InChI is InChI=1S/C24H18N2O3S/c1-14-17-13-15(28-2)11-12-20(17)29-22(14)23(27)25-18-8-4-3-7-16(18)24-26-19-9-5-6-10-21(19)30-24/h3-13H,1-2H3,(H,25,27). The van der Waals surface area contributed by atoms with Crippen LogP contribution in [0, 0.1) is 6.92 Å². The molecule has 5 aromatic rings. The molecule has 0 radical (unpaired) electrons. The Bertz CT molecular complexity index is 1370. The van der Waals surface area contributed by atoms with Gasteiger partial charge in [-0.15, -0.1) is 11.3 Å². The van der Waals surface area contributed by atoms with E-state index in [4.69, 9.17) is 14.1 Å². The molecule has 0 atom stereocenters. The molecule has 1 amide bonds. The fourth-order valence-corrected chi connectivity index (χ4v) is 4.49. The average molecular weight is 414 g/mol. The van der Waals surface area contributed by atoms with Crippen molar-refractivity contribution in [1.29, 1.82) is 0 Å². The maximum absolute atomic E-state index is 13.1. The van der Waals surface area contributed by atoms with Crippen molar-refractivity contribution in [2.75, 3.05) is 12.4 Å². The quantitative estimate of drug-likeness (QED) is 0.376. The highest BCUT2D eigenvalue weighted by molar-refractivity contribution is 7.21. The topological polar surface area (TPSA) is 64.4 Å². The van der Waals surface area contributed by atoms with E-state index in [9.17, 15) is 4.79 Å². The fourth-order valence-electron chi connectivity index (χ4n) is 3.49. The molecular weight excluding hydrogens is 396 g/mol. The van der Waals surface area contributed by atoms with E-state index in [2.05, 4.69) is 5.32 Å². The number of carbonyl (C=O) groups excluding carboxylic acids is 1. The number of carbonyl (C=O) groups is 1. The van der Waals surface area contributed by atoms with Gasteiger partial charge >= 0.3 is 0 Å². The third-order valence-electron chi connectivity index (χ3n) is 5.05. The second kappa shape index (κ2) is 7.31. The van der Waals surface area contributed by atoms with Crippen LogP contribution < -0.4 is 10.1 Å². The molecule has 148 valence electrons. The number of nitrogens with zero attached hydrogens (tertiary/aromatic N) is 1. The van der Waals surface area contributed by atoms with Gasteiger partial charge in [0.05, 0.1) is 23.0 Å². The Balaban J connectivity index is 1.51. The lowest BCUT2D eigenvalue weighted by Gasteiger charge is -2.08. The molecule has 0 aliphatic carbocycles. The second-order valence-electron chi connectivity index (χ2n) is 6.90. The summed E-state index contributed by atoms with van der Waals surface area (Å²) in [5, 5.41) is 4.72. The number of rotatable bonds is 4. The van der Waals surface area contributed by atoms with Crippen molar-refractivity contribution in [2.24, 2.45) is 0 Å². The van der Waals surface area contributed by atoms with E-state index in [1.165, 1.54) is 0 Å². The highest BCUT2D eigenvalue weighted by atomic mass is 32.1. The number of methoxy groups -OCH3 is 1. The molecule has 5 nitrogen and oxygen atoms in total. The highest BCUT2D eigenvalue weighted by Gasteiger charge is 2.20. The lowest BCUT2D eigenvalue weighted by molar-refractivity contribution is 0.0998. The highest BCUT2D eigenvalue weighted by Crippen LogP contribution is 2.35. The molecule has 0 saturated heterocycles. The van der Waals surface area contributed by atoms with Crippen LogP contribution in [0.15, 0.2) is 71.1 Å². The minimum absolute atomic E-state index is 0.289. The Labute approximate surface area is 176 Å². The Kier molecular flexibility index (Phi) is 4.48. The van der Waals surface area contributed by atoms with Crippen molar-refractivity contribution < 1.29 is 13.9 Å². The maximum Gasteiger partial charge on any atom is 0.291 e. The number of fused-ring (bicyclic) bond motifs is 2. The van der Waals surface area contributed by atoms with Crippen LogP contribution in [0.4, 0.5) is 5.69 Å². The van der Waals surface area contributed by atoms with Gasteiger partial charge in [0.15, 0.2) is 5.76 Å². The largest absolute Gasteiger partial charge is 0.497 e. The molecule has 0 saturated carbocycles. The average Bonchev–Trinajstić information content (AvgIpc) is 3.35. The van der Waals surface area contributed by atoms with E-state index < -0.39 is 0 Å². The van der Waals surface area contributed by atoms with Gasteiger partial charge < -0.3 is 14.5 Å². The normalized spacial score (nSPS) is 11.1. The number of hydrogen-bond donors (Lipinski definition) is 1. The maximum atomic E-state index is 13.1. The number of aryl methyl sites for hydroxylation is 1. The summed E-state index contributed by atoms with van der Waals surface area (Å²) in [5.41, 5.74) is 3.94. The van der Waals surface area contributed by atoms with Crippen molar-refractivity contribution in [1.82, 2.24) is 4.98 Å². The summed E-state index contributed by atoms with van der Waals surface area (Å²) in [6.07, 6.45) is 0. The molecule has 30 heavy (non-hydrogen) atoms. The van der Waals surface area contributed by atoms with Crippen LogP contribution >= 0.6 is 11.3 Å². The molecule has 1 N–H and O–H groups in total. The smallest absolute Gasteiger partial charge is 0.291 e. The van der Waals surface area contributed by atoms with Crippen LogP contribution in [-0.2, 0) is 0 Å². The Hall–Kier alpha value is -3.64. The molecule has 2 heterocycles. The lowest BCUT2D eigenvalue weighted by Crippen LogP contribution is -2.12. The molecule has 0 bridgehead atoms. The van der Waals surface area contributed by atoms with Crippen LogP contribution in [0.3, 0.4) is 0 Å². The van der Waals surface area contributed by atoms with Gasteiger partial charge in [-0.25, -0.2) is 4.98 Å². The summed E-state index contributed by atoms with van der Waals surface area (Å²) in [4.78, 5) is 17.8. The number of aromatic nitrogens is 1. The Morgan fingerprint density at radius 3 is 2.70 bits per heavy atom. The van der Waals surface area contributed by atoms with Gasteiger partial charge in [0.25, 0.3) is 5.91 Å². The van der Waals surface area contributed by atoms with Crippen molar-refractivity contribution in [2.45, 2.75) is 6.92 Å². The Morgan fingerprint density at radius 2 is 1.87 bits per heavy atom. The Morgan fingerprint density at radius 1 is 1.07 bits per heavy atom. The van der Waals surface area contributed by atoms with E-state index in [1.807, 2.05) is 73.7 Å². The molecule has 2 aromatic heterocycles. The van der Waals surface area contributed by atoms with E-state index in [1.54, 1.807) is 18.4 Å². The first-order valence-corrected chi connectivity index (χ1v) is 10.3. The molecule has 0 fully saturated rings. The first-order valence-electron chi connectivity index (χ1n) is 9.47. The summed E-state index contributed by atoms with van der Waals surface area (Å²) < 4.78 is 12.2. The zero-order valence-corrected chi connectivity index (χ0v) is 17.2. The van der Waals surface area contributed by atoms with Gasteiger partial charge in [-0.3, -0.25) is 4.79 Å². The molecule has 0 spiro atoms. The van der Waals surface area contributed by atoms with E-state index >= 15 is 0 Å². The molecule has 6 heteroatoms. The molecule has 3 aromatic carbocycles. The van der Waals surface area contributed by atoms with Crippen molar-refractivity contribution in [3.8, 4) is 16.3 Å². The predicted molar refractivity (Wildman–Crippen MR) is 121 cm³/mol. The number of thiazole rings is 1. The van der Waals surface area contributed by atoms with Crippen LogP contribution in [0.2, 0.25) is 0 Å². The third kappa shape index (κ3) is 3.11. The number of ether oxygens (including phenoxy) is 1. The van der Waals surface area contributed by atoms with Crippen LogP contribution in [0.25, 0.3) is 31.8 Å². The van der Waals surface area contributed by atoms with Crippen molar-refractivity contribution in [3.05, 3.63) is 78.1 Å². The first kappa shape index (κ1) is 18.4. The monoisotopic (exact) mass is 414 g/mol. The van der Waals surface area contributed by atoms with Crippen LogP contribution in [0.5, 0.6) is 5.75 Å². The number of nitrogens with one attached hydrogen (secondary N) is 1. The van der Waals surface area contributed by atoms with E-state index in [0.29, 0.717) is 11.3 Å². The van der Waals surface area contributed by atoms with Gasteiger partial charge in [0, 0.05) is 16.5 Å². The summed E-state index contributed by atoms with van der Waals surface area (Å²) in [6, 6.07) is 21.2. The van der Waals surface area contributed by atoms with E-state index in [-0.39, 0.29) is 11.7 Å². The van der Waals surface area contributed by atoms with Crippen molar-refractivity contribution in [3.63, 3.8) is 0 Å². The fraction of sp³-hybridized carbons (Fsp3) is 0.0833. The first-order chi connectivity index (χ1) is 14.6. The SMILES string of the molecule is COc1ccc2oc(C(=O)Nc3ccccc3-c3nc4ccccc4s3)c(C)c2c1. The van der Waals surface area contributed by atoms with Crippen molar-refractivity contribution >= 4 is 44.1 Å². The molecule has 0 aliphatic heterocycles. The van der Waals surface area contributed by atoms with Gasteiger partial charge in [-0.1, -0.05) is 24.3 Å². The minimum atomic E-state index is -0.295. The van der Waals surface area contributed by atoms with Gasteiger partial charge in [0.2, 0.25) is 0 Å². The summed E-state index contributed by atoms with van der Waals surface area (Å²) in [5.74, 6) is 0.716. The zero-order valence-electron chi connectivity index (χ0n) is 16.4. The molecule has 5 rings (SSSR count). The van der Waals surface area contributed by atoms with Crippen LogP contribution in [0.1, 0.15) is 16.1 Å². The minimum Gasteiger partial charge on any atom is -0.497 e. The number of amides is 1. The van der Waals surface area contributed by atoms with Gasteiger partial charge in [-0.05, 0) is 49.4 Å². The van der Waals surface area contributed by atoms with Gasteiger partial charge in [0.1, 0.15) is 16.3 Å². The summed E-state index contributed by atoms with van der Waals surface area (Å²) in [6.45, 7) is 1.87. The molecule has 0 aliphatic rings. The van der Waals surface area contributed by atoms with Crippen LogP contribution in [-0.4, -0.2) is 18.0 Å². The summed E-state index contributed by atoms with van der Waals surface area (Å²) in [7, 11) is 1.61. The van der Waals surface area contributed by atoms with E-state index in [0.717, 1.165) is 37.5 Å². The molecule has 0 unspecified atom stereocenters. The molecular formula is C24H18N2O3S. The van der Waals surface area contributed by atoms with Gasteiger partial charge in [-0.2, -0.15) is 0 Å².